The third kappa shape index (κ3) is 5.29. The first kappa shape index (κ1) is 19.4. The lowest BCUT2D eigenvalue weighted by atomic mass is 9.78. The summed E-state index contributed by atoms with van der Waals surface area (Å²) in [7, 11) is 4.01. The Labute approximate surface area is 148 Å². The summed E-state index contributed by atoms with van der Waals surface area (Å²) in [6, 6.07) is 6.76. The minimum absolute atomic E-state index is 0.177. The second kappa shape index (κ2) is 9.55. The third-order valence-electron chi connectivity index (χ3n) is 4.22. The Kier molecular flexibility index (Phi) is 7.42. The van der Waals surface area contributed by atoms with E-state index in [0.29, 0.717) is 26.1 Å². The summed E-state index contributed by atoms with van der Waals surface area (Å²) in [5.41, 5.74) is 1.77. The molecule has 1 aliphatic heterocycles. The van der Waals surface area contributed by atoms with Crippen molar-refractivity contribution in [2.24, 2.45) is 5.92 Å². The maximum atomic E-state index is 12.3. The second-order valence-corrected chi connectivity index (χ2v) is 5.89. The van der Waals surface area contributed by atoms with Crippen LogP contribution in [0.15, 0.2) is 24.3 Å². The molecule has 0 aromatic heterocycles. The van der Waals surface area contributed by atoms with Crippen molar-refractivity contribution in [1.82, 2.24) is 5.32 Å². The minimum atomic E-state index is -0.732. The van der Waals surface area contributed by atoms with Crippen LogP contribution in [0.1, 0.15) is 12.0 Å². The number of benzene rings is 1. The van der Waals surface area contributed by atoms with Crippen molar-refractivity contribution in [3.8, 4) is 0 Å². The predicted molar refractivity (Wildman–Crippen MR) is 92.4 cm³/mol. The summed E-state index contributed by atoms with van der Waals surface area (Å²) in [5, 5.41) is 2.77. The van der Waals surface area contributed by atoms with E-state index < -0.39 is 19.1 Å². The van der Waals surface area contributed by atoms with Gasteiger partial charge in [0.2, 0.25) is 5.91 Å². The van der Waals surface area contributed by atoms with Gasteiger partial charge in [0.15, 0.2) is 0 Å². The second-order valence-electron chi connectivity index (χ2n) is 5.89. The zero-order chi connectivity index (χ0) is 18.2. The molecule has 0 bridgehead atoms. The number of amides is 1. The van der Waals surface area contributed by atoms with Crippen LogP contribution in [0, 0.1) is 5.92 Å². The molecule has 8 heteroatoms. The van der Waals surface area contributed by atoms with Crippen molar-refractivity contribution >= 4 is 24.5 Å². The topological polar surface area (TPSA) is 83.1 Å². The number of nitrogens with one attached hydrogen (secondary N) is 1. The van der Waals surface area contributed by atoms with Gasteiger partial charge in [0, 0.05) is 27.2 Å². The Balaban J connectivity index is 2.03. The zero-order valence-corrected chi connectivity index (χ0v) is 14.8. The molecule has 7 nitrogen and oxygen atoms in total. The van der Waals surface area contributed by atoms with Crippen LogP contribution in [0.5, 0.6) is 0 Å². The lowest BCUT2D eigenvalue weighted by Gasteiger charge is -2.19. The first-order valence-corrected chi connectivity index (χ1v) is 8.19. The minimum Gasteiger partial charge on any atom is -0.467 e. The fourth-order valence-corrected chi connectivity index (χ4v) is 2.78. The normalized spacial score (nSPS) is 17.8. The quantitative estimate of drug-likeness (QED) is 0.522. The van der Waals surface area contributed by atoms with Crippen molar-refractivity contribution in [2.75, 3.05) is 34.5 Å². The van der Waals surface area contributed by atoms with E-state index in [1.807, 2.05) is 24.3 Å². The summed E-state index contributed by atoms with van der Waals surface area (Å²) >= 11 is 0. The van der Waals surface area contributed by atoms with Gasteiger partial charge in [0.1, 0.15) is 6.04 Å². The molecular formula is C17H24BNO6. The van der Waals surface area contributed by atoms with E-state index in [1.165, 1.54) is 7.11 Å². The van der Waals surface area contributed by atoms with E-state index in [4.69, 9.17) is 18.8 Å². The average Bonchev–Trinajstić information content (AvgIpc) is 3.17. The fourth-order valence-electron chi connectivity index (χ4n) is 2.78. The molecule has 0 saturated carbocycles. The van der Waals surface area contributed by atoms with Gasteiger partial charge >= 0.3 is 13.1 Å². The Morgan fingerprint density at radius 3 is 2.44 bits per heavy atom. The van der Waals surface area contributed by atoms with Crippen LogP contribution in [0.4, 0.5) is 0 Å². The highest BCUT2D eigenvalue weighted by Gasteiger charge is 2.29. The van der Waals surface area contributed by atoms with Crippen LogP contribution >= 0.6 is 0 Å². The summed E-state index contributed by atoms with van der Waals surface area (Å²) in [6.07, 6.45) is 1.01. The Morgan fingerprint density at radius 1 is 1.24 bits per heavy atom. The maximum absolute atomic E-state index is 12.3. The molecule has 1 aliphatic rings. The molecule has 1 fully saturated rings. The average molecular weight is 349 g/mol. The Morgan fingerprint density at radius 2 is 1.92 bits per heavy atom. The standard InChI is InChI=1S/C17H24BNO6/c1-22-17(21)15(19-16(20)13-8-9-25-11-13)10-12-4-6-14(7-5-12)18(23-2)24-3/h4-7,13,15H,8-11H2,1-3H3,(H,19,20)/t13-,15+/m0/s1. The molecule has 25 heavy (non-hydrogen) atoms. The van der Waals surface area contributed by atoms with E-state index >= 15 is 0 Å². The van der Waals surface area contributed by atoms with Crippen LogP contribution in [-0.4, -0.2) is 59.6 Å². The monoisotopic (exact) mass is 349 g/mol. The van der Waals surface area contributed by atoms with Gasteiger partial charge in [-0.15, -0.1) is 0 Å². The molecule has 0 spiro atoms. The first-order valence-electron chi connectivity index (χ1n) is 8.19. The molecule has 1 aromatic rings. The number of hydrogen-bond donors (Lipinski definition) is 1. The van der Waals surface area contributed by atoms with Gasteiger partial charge < -0.3 is 24.1 Å². The van der Waals surface area contributed by atoms with Gasteiger partial charge in [-0.3, -0.25) is 4.79 Å². The molecule has 1 N–H and O–H groups in total. The van der Waals surface area contributed by atoms with E-state index in [1.54, 1.807) is 14.2 Å². The molecule has 0 aliphatic carbocycles. The lowest BCUT2D eigenvalue weighted by molar-refractivity contribution is -0.145. The van der Waals surface area contributed by atoms with Crippen molar-refractivity contribution in [2.45, 2.75) is 18.9 Å². The SMILES string of the molecule is COB(OC)c1ccc(C[C@@H](NC(=O)[C@H]2CCOC2)C(=O)OC)cc1. The molecule has 2 atom stereocenters. The van der Waals surface area contributed by atoms with Crippen LogP contribution < -0.4 is 10.8 Å². The Bertz CT molecular complexity index is 569. The molecular weight excluding hydrogens is 325 g/mol. The summed E-state index contributed by atoms with van der Waals surface area (Å²) in [6.45, 7) is 0.965. The molecule has 1 heterocycles. The van der Waals surface area contributed by atoms with Gasteiger partial charge in [-0.25, -0.2) is 4.79 Å². The maximum Gasteiger partial charge on any atom is 0.493 e. The number of carbonyl (C=O) groups is 2. The number of ether oxygens (including phenoxy) is 2. The fraction of sp³-hybridized carbons (Fsp3) is 0.529. The van der Waals surface area contributed by atoms with Gasteiger partial charge in [0.25, 0.3) is 0 Å². The number of carbonyl (C=O) groups excluding carboxylic acids is 2. The predicted octanol–water partition coefficient (Wildman–Crippen LogP) is -0.0886. The number of esters is 1. The summed E-state index contributed by atoms with van der Waals surface area (Å²) in [4.78, 5) is 24.3. The number of methoxy groups -OCH3 is 1. The summed E-state index contributed by atoms with van der Waals surface area (Å²) < 4.78 is 20.5. The smallest absolute Gasteiger partial charge is 0.467 e. The third-order valence-corrected chi connectivity index (χ3v) is 4.22. The lowest BCUT2D eigenvalue weighted by Crippen LogP contribution is -2.45. The zero-order valence-electron chi connectivity index (χ0n) is 14.8. The van der Waals surface area contributed by atoms with Crippen LogP contribution in [-0.2, 0) is 34.8 Å². The van der Waals surface area contributed by atoms with Crippen LogP contribution in [0.25, 0.3) is 0 Å². The molecule has 2 rings (SSSR count). The van der Waals surface area contributed by atoms with E-state index in [9.17, 15) is 9.59 Å². The Hall–Kier alpha value is -1.90. The van der Waals surface area contributed by atoms with Crippen LogP contribution in [0.3, 0.4) is 0 Å². The van der Waals surface area contributed by atoms with Gasteiger partial charge in [-0.1, -0.05) is 24.3 Å². The highest BCUT2D eigenvalue weighted by atomic mass is 16.6. The van der Waals surface area contributed by atoms with Gasteiger partial charge in [-0.2, -0.15) is 0 Å². The van der Waals surface area contributed by atoms with E-state index in [2.05, 4.69) is 5.32 Å². The van der Waals surface area contributed by atoms with Crippen molar-refractivity contribution in [1.29, 1.82) is 0 Å². The largest absolute Gasteiger partial charge is 0.493 e. The van der Waals surface area contributed by atoms with Crippen molar-refractivity contribution in [3.63, 3.8) is 0 Å². The molecule has 1 aromatic carbocycles. The van der Waals surface area contributed by atoms with Crippen molar-refractivity contribution in [3.05, 3.63) is 29.8 Å². The van der Waals surface area contributed by atoms with Crippen LogP contribution in [0.2, 0.25) is 0 Å². The summed E-state index contributed by atoms with van der Waals surface area (Å²) in [5.74, 6) is -0.856. The number of rotatable bonds is 8. The van der Waals surface area contributed by atoms with E-state index in [-0.39, 0.29) is 11.8 Å². The highest BCUT2D eigenvalue weighted by Crippen LogP contribution is 2.13. The highest BCUT2D eigenvalue weighted by molar-refractivity contribution is 6.61. The van der Waals surface area contributed by atoms with E-state index in [0.717, 1.165) is 11.0 Å². The van der Waals surface area contributed by atoms with Crippen molar-refractivity contribution < 1.29 is 28.4 Å². The molecule has 136 valence electrons. The first-order chi connectivity index (χ1) is 12.1. The van der Waals surface area contributed by atoms with Gasteiger partial charge in [-0.05, 0) is 17.4 Å². The molecule has 0 unspecified atom stereocenters. The molecule has 1 amide bonds. The molecule has 1 saturated heterocycles. The molecule has 0 radical (unpaired) electrons. The van der Waals surface area contributed by atoms with Gasteiger partial charge in [0.05, 0.1) is 19.6 Å². The number of hydrogen-bond acceptors (Lipinski definition) is 6.